The zero-order valence-corrected chi connectivity index (χ0v) is 19.8. The van der Waals surface area contributed by atoms with E-state index in [0.717, 1.165) is 27.6 Å². The molecule has 1 N–H and O–H groups in total. The minimum Gasteiger partial charge on any atom is -0.497 e. The van der Waals surface area contributed by atoms with Crippen molar-refractivity contribution in [3.05, 3.63) is 124 Å². The van der Waals surface area contributed by atoms with Crippen LogP contribution in [-0.2, 0) is 17.9 Å². The Morgan fingerprint density at radius 3 is 2.50 bits per heavy atom. The number of aromatic amines is 1. The Hall–Kier alpha value is -4.71. The summed E-state index contributed by atoms with van der Waals surface area (Å²) >= 11 is 0. The number of hydrogen-bond donors (Lipinski definition) is 1. The highest BCUT2D eigenvalue weighted by atomic mass is 16.5. The number of nitrogens with zero attached hydrogens (tertiary/aromatic N) is 2. The number of amides is 1. The number of fused-ring (bicyclic) bond motifs is 2. The van der Waals surface area contributed by atoms with Crippen molar-refractivity contribution >= 4 is 33.7 Å². The Kier molecular flexibility index (Phi) is 6.58. The summed E-state index contributed by atoms with van der Waals surface area (Å²) in [5.41, 5.74) is 2.29. The van der Waals surface area contributed by atoms with Gasteiger partial charge in [0.25, 0.3) is 5.56 Å². The van der Waals surface area contributed by atoms with Gasteiger partial charge in [0, 0.05) is 12.6 Å². The molecule has 0 atom stereocenters. The molecule has 0 saturated heterocycles. The second kappa shape index (κ2) is 10.3. The number of H-pyrrole nitrogens is 1. The molecule has 0 spiro atoms. The number of benzene rings is 4. The molecule has 6 heteroatoms. The summed E-state index contributed by atoms with van der Waals surface area (Å²) in [4.78, 5) is 35.0. The maximum atomic E-state index is 13.3. The Morgan fingerprint density at radius 1 is 0.917 bits per heavy atom. The first kappa shape index (κ1) is 23.1. The summed E-state index contributed by atoms with van der Waals surface area (Å²) in [6.07, 6.45) is 3.37. The van der Waals surface area contributed by atoms with E-state index in [1.54, 1.807) is 42.4 Å². The standard InChI is InChI=1S/C30H25N3O3/c1-36-25-15-14-23-17-21(11-13-24(23)18-25)12-16-29(34)33(19-22-7-3-2-4-8-22)20-28-31-27-10-6-5-9-26(27)30(35)32-28/h2-18H,19-20H2,1H3,(H,31,32,35)/b16-12+. The lowest BCUT2D eigenvalue weighted by atomic mass is 10.1. The van der Waals surface area contributed by atoms with E-state index in [1.165, 1.54) is 0 Å². The monoisotopic (exact) mass is 475 g/mol. The molecule has 0 fully saturated rings. The van der Waals surface area contributed by atoms with Gasteiger partial charge < -0.3 is 14.6 Å². The summed E-state index contributed by atoms with van der Waals surface area (Å²) in [6.45, 7) is 0.563. The summed E-state index contributed by atoms with van der Waals surface area (Å²) < 4.78 is 5.30. The number of methoxy groups -OCH3 is 1. The molecule has 5 rings (SSSR count). The minimum absolute atomic E-state index is 0.176. The van der Waals surface area contributed by atoms with Gasteiger partial charge in [0.15, 0.2) is 0 Å². The van der Waals surface area contributed by atoms with Crippen LogP contribution in [0.1, 0.15) is 17.0 Å². The normalized spacial score (nSPS) is 11.2. The van der Waals surface area contributed by atoms with Crippen LogP contribution in [0.25, 0.3) is 27.8 Å². The molecule has 5 aromatic rings. The van der Waals surface area contributed by atoms with Crippen LogP contribution in [0.2, 0.25) is 0 Å². The van der Waals surface area contributed by atoms with Crippen molar-refractivity contribution in [3.8, 4) is 5.75 Å². The molecule has 0 bridgehead atoms. The smallest absolute Gasteiger partial charge is 0.258 e. The molecule has 0 aliphatic rings. The molecule has 0 aliphatic carbocycles. The van der Waals surface area contributed by atoms with Crippen LogP contribution < -0.4 is 10.3 Å². The minimum atomic E-state index is -0.217. The highest BCUT2D eigenvalue weighted by Gasteiger charge is 2.15. The van der Waals surface area contributed by atoms with Crippen molar-refractivity contribution < 1.29 is 9.53 Å². The molecule has 0 saturated carbocycles. The summed E-state index contributed by atoms with van der Waals surface area (Å²) in [5.74, 6) is 1.07. The predicted octanol–water partition coefficient (Wildman–Crippen LogP) is 5.33. The molecule has 36 heavy (non-hydrogen) atoms. The molecule has 0 aliphatic heterocycles. The third-order valence-corrected chi connectivity index (χ3v) is 6.02. The molecule has 178 valence electrons. The number of para-hydroxylation sites is 1. The van der Waals surface area contributed by atoms with E-state index in [2.05, 4.69) is 9.97 Å². The van der Waals surface area contributed by atoms with Crippen LogP contribution in [0.15, 0.2) is 102 Å². The third-order valence-electron chi connectivity index (χ3n) is 6.02. The molecular formula is C30H25N3O3. The van der Waals surface area contributed by atoms with Gasteiger partial charge in [-0.25, -0.2) is 4.98 Å². The fourth-order valence-electron chi connectivity index (χ4n) is 4.15. The predicted molar refractivity (Wildman–Crippen MR) is 143 cm³/mol. The Balaban J connectivity index is 1.42. The largest absolute Gasteiger partial charge is 0.497 e. The van der Waals surface area contributed by atoms with Crippen molar-refractivity contribution in [1.29, 1.82) is 0 Å². The molecule has 1 heterocycles. The average molecular weight is 476 g/mol. The Labute approximate surface area is 208 Å². The van der Waals surface area contributed by atoms with Crippen LogP contribution in [0, 0.1) is 0 Å². The van der Waals surface area contributed by atoms with Gasteiger partial charge in [0.05, 0.1) is 24.6 Å². The van der Waals surface area contributed by atoms with E-state index in [9.17, 15) is 9.59 Å². The molecule has 1 aromatic heterocycles. The fourth-order valence-corrected chi connectivity index (χ4v) is 4.15. The number of rotatable bonds is 7. The molecule has 0 radical (unpaired) electrons. The fraction of sp³-hybridized carbons (Fsp3) is 0.100. The summed E-state index contributed by atoms with van der Waals surface area (Å²) in [7, 11) is 1.65. The van der Waals surface area contributed by atoms with E-state index < -0.39 is 0 Å². The van der Waals surface area contributed by atoms with Gasteiger partial charge in [-0.05, 0) is 58.3 Å². The van der Waals surface area contributed by atoms with Gasteiger partial charge in [-0.3, -0.25) is 9.59 Å². The van der Waals surface area contributed by atoms with E-state index in [4.69, 9.17) is 4.74 Å². The average Bonchev–Trinajstić information content (AvgIpc) is 2.91. The van der Waals surface area contributed by atoms with E-state index >= 15 is 0 Å². The molecule has 6 nitrogen and oxygen atoms in total. The summed E-state index contributed by atoms with van der Waals surface area (Å²) in [5, 5.41) is 2.65. The topological polar surface area (TPSA) is 75.3 Å². The van der Waals surface area contributed by atoms with E-state index in [1.807, 2.05) is 72.8 Å². The first-order valence-corrected chi connectivity index (χ1v) is 11.7. The van der Waals surface area contributed by atoms with Gasteiger partial charge in [0.2, 0.25) is 5.91 Å². The Bertz CT molecular complexity index is 1620. The molecule has 4 aromatic carbocycles. The van der Waals surface area contributed by atoms with Crippen molar-refractivity contribution in [2.24, 2.45) is 0 Å². The van der Waals surface area contributed by atoms with E-state index in [-0.39, 0.29) is 18.0 Å². The lowest BCUT2D eigenvalue weighted by Gasteiger charge is -2.21. The van der Waals surface area contributed by atoms with Gasteiger partial charge in [-0.15, -0.1) is 0 Å². The SMILES string of the molecule is COc1ccc2cc(/C=C/C(=O)N(Cc3ccccc3)Cc3nc4ccccc4c(=O)[nH]3)ccc2c1. The van der Waals surface area contributed by atoms with Gasteiger partial charge >= 0.3 is 0 Å². The van der Waals surface area contributed by atoms with Crippen LogP contribution in [0.4, 0.5) is 0 Å². The number of nitrogens with one attached hydrogen (secondary N) is 1. The van der Waals surface area contributed by atoms with Crippen LogP contribution >= 0.6 is 0 Å². The maximum Gasteiger partial charge on any atom is 0.258 e. The number of carbonyl (C=O) groups excluding carboxylic acids is 1. The van der Waals surface area contributed by atoms with Gasteiger partial charge in [-0.2, -0.15) is 0 Å². The first-order chi connectivity index (χ1) is 17.6. The van der Waals surface area contributed by atoms with Gasteiger partial charge in [-0.1, -0.05) is 60.7 Å². The molecule has 1 amide bonds. The number of ether oxygens (including phenoxy) is 1. The third kappa shape index (κ3) is 5.18. The summed E-state index contributed by atoms with van der Waals surface area (Å²) in [6, 6.07) is 28.8. The number of carbonyl (C=O) groups is 1. The maximum absolute atomic E-state index is 13.3. The van der Waals surface area contributed by atoms with Crippen LogP contribution in [0.3, 0.4) is 0 Å². The van der Waals surface area contributed by atoms with Crippen molar-refractivity contribution in [1.82, 2.24) is 14.9 Å². The molecule has 0 unspecified atom stereocenters. The van der Waals surface area contributed by atoms with Crippen molar-refractivity contribution in [3.63, 3.8) is 0 Å². The van der Waals surface area contributed by atoms with Crippen molar-refractivity contribution in [2.75, 3.05) is 7.11 Å². The zero-order chi connectivity index (χ0) is 24.9. The highest BCUT2D eigenvalue weighted by molar-refractivity contribution is 5.93. The van der Waals surface area contributed by atoms with Crippen LogP contribution in [0.5, 0.6) is 5.75 Å². The molecular weight excluding hydrogens is 450 g/mol. The lowest BCUT2D eigenvalue weighted by molar-refractivity contribution is -0.127. The number of aromatic nitrogens is 2. The second-order valence-corrected chi connectivity index (χ2v) is 8.52. The quantitative estimate of drug-likeness (QED) is 0.323. The highest BCUT2D eigenvalue weighted by Crippen LogP contribution is 2.22. The number of hydrogen-bond acceptors (Lipinski definition) is 4. The second-order valence-electron chi connectivity index (χ2n) is 8.52. The van der Waals surface area contributed by atoms with Crippen LogP contribution in [-0.4, -0.2) is 27.9 Å². The van der Waals surface area contributed by atoms with Gasteiger partial charge in [0.1, 0.15) is 11.6 Å². The van der Waals surface area contributed by atoms with E-state index in [0.29, 0.717) is 23.3 Å². The zero-order valence-electron chi connectivity index (χ0n) is 19.8. The first-order valence-electron chi connectivity index (χ1n) is 11.7. The lowest BCUT2D eigenvalue weighted by Crippen LogP contribution is -2.30. The van der Waals surface area contributed by atoms with Crippen molar-refractivity contribution in [2.45, 2.75) is 13.1 Å². The Morgan fingerprint density at radius 2 is 1.67 bits per heavy atom.